The van der Waals surface area contributed by atoms with Crippen LogP contribution < -0.4 is 0 Å². The fourth-order valence-electron chi connectivity index (χ4n) is 2.49. The molecule has 2 N–H and O–H groups in total. The third kappa shape index (κ3) is 2.56. The molecule has 2 aromatic heterocycles. The number of carboxylic acid groups (broad SMARTS) is 2. The van der Waals surface area contributed by atoms with Gasteiger partial charge in [-0.05, 0) is 37.3 Å². The van der Waals surface area contributed by atoms with E-state index in [1.54, 1.807) is 0 Å². The minimum atomic E-state index is -1.43. The summed E-state index contributed by atoms with van der Waals surface area (Å²) in [6.45, 7) is 0. The molecule has 6 nitrogen and oxygen atoms in total. The lowest BCUT2D eigenvalue weighted by atomic mass is 10.1. The largest absolute Gasteiger partial charge is 0.476 e. The average molecular weight is 307 g/mol. The van der Waals surface area contributed by atoms with Gasteiger partial charge in [-0.2, -0.15) is 0 Å². The number of oxazole rings is 1. The van der Waals surface area contributed by atoms with E-state index >= 15 is 0 Å². The Morgan fingerprint density at radius 1 is 1.14 bits per heavy atom. The molecule has 2 aromatic rings. The first kappa shape index (κ1) is 13.8. The van der Waals surface area contributed by atoms with E-state index in [-0.39, 0.29) is 5.89 Å². The number of aromatic carboxylic acids is 2. The van der Waals surface area contributed by atoms with Crippen molar-refractivity contribution in [3.63, 3.8) is 0 Å². The van der Waals surface area contributed by atoms with Gasteiger partial charge in [0.15, 0.2) is 0 Å². The maximum Gasteiger partial charge on any atom is 0.374 e. The Balaban J connectivity index is 2.03. The molecule has 110 valence electrons. The Hall–Kier alpha value is -2.15. The molecule has 0 unspecified atom stereocenters. The average Bonchev–Trinajstić information content (AvgIpc) is 2.98. The summed E-state index contributed by atoms with van der Waals surface area (Å²) in [6.07, 6.45) is 5.47. The van der Waals surface area contributed by atoms with Crippen LogP contribution in [0.15, 0.2) is 10.5 Å². The van der Waals surface area contributed by atoms with Crippen molar-refractivity contribution >= 4 is 23.3 Å². The van der Waals surface area contributed by atoms with Crippen molar-refractivity contribution < 1.29 is 24.2 Å². The number of aryl methyl sites for hydroxylation is 2. The lowest BCUT2D eigenvalue weighted by Gasteiger charge is -1.92. The van der Waals surface area contributed by atoms with Crippen LogP contribution in [0.4, 0.5) is 0 Å². The van der Waals surface area contributed by atoms with Crippen molar-refractivity contribution in [3.05, 3.63) is 28.0 Å². The molecule has 0 radical (unpaired) electrons. The molecule has 3 rings (SSSR count). The van der Waals surface area contributed by atoms with Gasteiger partial charge in [0.2, 0.25) is 17.3 Å². The van der Waals surface area contributed by atoms with Crippen LogP contribution in [0.3, 0.4) is 0 Å². The Morgan fingerprint density at radius 2 is 1.90 bits per heavy atom. The van der Waals surface area contributed by atoms with Crippen LogP contribution in [0.5, 0.6) is 0 Å². The van der Waals surface area contributed by atoms with E-state index < -0.39 is 23.4 Å². The molecule has 2 heterocycles. The highest BCUT2D eigenvalue weighted by Gasteiger charge is 2.26. The molecule has 0 saturated heterocycles. The number of fused-ring (bicyclic) bond motifs is 1. The monoisotopic (exact) mass is 307 g/mol. The van der Waals surface area contributed by atoms with Crippen LogP contribution >= 0.6 is 11.3 Å². The van der Waals surface area contributed by atoms with Gasteiger partial charge in [0, 0.05) is 4.88 Å². The van der Waals surface area contributed by atoms with Crippen LogP contribution in [-0.4, -0.2) is 27.1 Å². The van der Waals surface area contributed by atoms with Crippen LogP contribution in [0, 0.1) is 0 Å². The Bertz CT molecular complexity index is 660. The lowest BCUT2D eigenvalue weighted by Crippen LogP contribution is -2.05. The second-order valence-corrected chi connectivity index (χ2v) is 6.06. The first-order chi connectivity index (χ1) is 10.1. The zero-order chi connectivity index (χ0) is 15.0. The summed E-state index contributed by atoms with van der Waals surface area (Å²) < 4.78 is 5.15. The quantitative estimate of drug-likeness (QED) is 0.845. The van der Waals surface area contributed by atoms with E-state index in [0.29, 0.717) is 4.88 Å². The normalized spacial score (nSPS) is 14.5. The maximum atomic E-state index is 11.0. The molecule has 0 fully saturated rings. The van der Waals surface area contributed by atoms with E-state index in [1.807, 2.05) is 6.07 Å². The first-order valence-corrected chi connectivity index (χ1v) is 7.47. The van der Waals surface area contributed by atoms with Gasteiger partial charge in [-0.15, -0.1) is 11.3 Å². The van der Waals surface area contributed by atoms with Crippen molar-refractivity contribution in [3.8, 4) is 10.8 Å². The molecule has 0 amide bonds. The third-order valence-electron chi connectivity index (χ3n) is 3.48. The number of carbonyl (C=O) groups is 2. The van der Waals surface area contributed by atoms with Gasteiger partial charge in [0.25, 0.3) is 0 Å². The van der Waals surface area contributed by atoms with Crippen molar-refractivity contribution in [2.45, 2.75) is 32.1 Å². The summed E-state index contributed by atoms with van der Waals surface area (Å²) >= 11 is 1.51. The van der Waals surface area contributed by atoms with Crippen LogP contribution in [-0.2, 0) is 12.8 Å². The van der Waals surface area contributed by atoms with Gasteiger partial charge in [0.05, 0.1) is 4.88 Å². The highest BCUT2D eigenvalue weighted by atomic mass is 32.1. The van der Waals surface area contributed by atoms with Gasteiger partial charge in [-0.3, -0.25) is 0 Å². The molecule has 0 aromatic carbocycles. The number of carboxylic acids is 2. The first-order valence-electron chi connectivity index (χ1n) is 6.65. The summed E-state index contributed by atoms with van der Waals surface area (Å²) in [4.78, 5) is 27.8. The fraction of sp³-hybridized carbons (Fsp3) is 0.357. The molecule has 21 heavy (non-hydrogen) atoms. The zero-order valence-electron chi connectivity index (χ0n) is 11.1. The highest BCUT2D eigenvalue weighted by Crippen LogP contribution is 2.35. The molecule has 0 bridgehead atoms. The molecular weight excluding hydrogens is 294 g/mol. The zero-order valence-corrected chi connectivity index (χ0v) is 11.9. The molecule has 0 aliphatic heterocycles. The van der Waals surface area contributed by atoms with Crippen LogP contribution in [0.25, 0.3) is 10.8 Å². The smallest absolute Gasteiger partial charge is 0.374 e. The number of aromatic nitrogens is 1. The standard InChI is InChI=1S/C14H13NO5S/c16-13(17)10-11(14(18)19)20-12(15-10)9-6-7-4-2-1-3-5-8(7)21-9/h6H,1-5H2,(H,16,17)(H,18,19). The van der Waals surface area contributed by atoms with E-state index in [2.05, 4.69) is 4.98 Å². The minimum absolute atomic E-state index is 0.0721. The molecule has 1 aliphatic carbocycles. The minimum Gasteiger partial charge on any atom is -0.476 e. The van der Waals surface area contributed by atoms with Gasteiger partial charge in [0.1, 0.15) is 0 Å². The molecule has 1 aliphatic rings. The van der Waals surface area contributed by atoms with E-state index in [9.17, 15) is 9.59 Å². The van der Waals surface area contributed by atoms with Gasteiger partial charge < -0.3 is 14.6 Å². The van der Waals surface area contributed by atoms with E-state index in [1.165, 1.54) is 28.2 Å². The van der Waals surface area contributed by atoms with Crippen LogP contribution in [0.2, 0.25) is 0 Å². The predicted molar refractivity (Wildman–Crippen MR) is 75.0 cm³/mol. The number of thiophene rings is 1. The van der Waals surface area contributed by atoms with Gasteiger partial charge >= 0.3 is 11.9 Å². The maximum absolute atomic E-state index is 11.0. The lowest BCUT2D eigenvalue weighted by molar-refractivity contribution is 0.0624. The molecule has 7 heteroatoms. The predicted octanol–water partition coefficient (Wildman–Crippen LogP) is 3.07. The number of nitrogens with zero attached hydrogens (tertiary/aromatic N) is 1. The third-order valence-corrected chi connectivity index (χ3v) is 4.71. The Morgan fingerprint density at radius 3 is 2.57 bits per heavy atom. The Kier molecular flexibility index (Phi) is 3.50. The van der Waals surface area contributed by atoms with E-state index in [4.69, 9.17) is 14.6 Å². The number of rotatable bonds is 3. The molecule has 0 saturated carbocycles. The summed E-state index contributed by atoms with van der Waals surface area (Å²) in [5.41, 5.74) is 0.681. The molecular formula is C14H13NO5S. The summed E-state index contributed by atoms with van der Waals surface area (Å²) in [7, 11) is 0. The number of hydrogen-bond acceptors (Lipinski definition) is 5. The highest BCUT2D eigenvalue weighted by molar-refractivity contribution is 7.15. The van der Waals surface area contributed by atoms with Gasteiger partial charge in [-0.1, -0.05) is 6.42 Å². The van der Waals surface area contributed by atoms with Crippen molar-refractivity contribution in [2.24, 2.45) is 0 Å². The van der Waals surface area contributed by atoms with Crippen molar-refractivity contribution in [2.75, 3.05) is 0 Å². The second kappa shape index (κ2) is 5.33. The topological polar surface area (TPSA) is 101 Å². The number of hydrogen-bond donors (Lipinski definition) is 2. The van der Waals surface area contributed by atoms with Crippen LogP contribution in [0.1, 0.15) is 50.7 Å². The molecule has 0 atom stereocenters. The SMILES string of the molecule is O=C(O)c1nc(-c2cc3c(s2)CCCCC3)oc1C(=O)O. The van der Waals surface area contributed by atoms with Crippen molar-refractivity contribution in [1.82, 2.24) is 4.98 Å². The summed E-state index contributed by atoms with van der Waals surface area (Å²) in [5.74, 6) is -3.38. The summed E-state index contributed by atoms with van der Waals surface area (Å²) in [6, 6.07) is 1.94. The van der Waals surface area contributed by atoms with Crippen molar-refractivity contribution in [1.29, 1.82) is 0 Å². The van der Waals surface area contributed by atoms with Gasteiger partial charge in [-0.25, -0.2) is 14.6 Å². The summed E-state index contributed by atoms with van der Waals surface area (Å²) in [5, 5.41) is 18.0. The Labute approximate surface area is 124 Å². The fourth-order valence-corrected chi connectivity index (χ4v) is 3.67. The molecule has 0 spiro atoms. The second-order valence-electron chi connectivity index (χ2n) is 4.93. The van der Waals surface area contributed by atoms with E-state index in [0.717, 1.165) is 25.7 Å².